The van der Waals surface area contributed by atoms with E-state index in [4.69, 9.17) is 23.2 Å². The van der Waals surface area contributed by atoms with Crippen LogP contribution in [0.5, 0.6) is 0 Å². The minimum atomic E-state index is -0.141. The van der Waals surface area contributed by atoms with E-state index in [1.165, 1.54) is 16.0 Å². The van der Waals surface area contributed by atoms with E-state index >= 15 is 0 Å². The summed E-state index contributed by atoms with van der Waals surface area (Å²) in [4.78, 5) is 13.7. The molecule has 1 aromatic heterocycles. The Morgan fingerprint density at radius 3 is 2.52 bits per heavy atom. The van der Waals surface area contributed by atoms with Crippen molar-refractivity contribution in [1.82, 2.24) is 0 Å². The van der Waals surface area contributed by atoms with E-state index < -0.39 is 0 Å². The molecule has 0 saturated carbocycles. The smallest absolute Gasteiger partial charge is 0.279 e. The van der Waals surface area contributed by atoms with Gasteiger partial charge in [-0.25, -0.2) is 0 Å². The van der Waals surface area contributed by atoms with Crippen LogP contribution in [0.2, 0.25) is 10.0 Å². The van der Waals surface area contributed by atoms with E-state index in [0.717, 1.165) is 5.56 Å². The van der Waals surface area contributed by atoms with Gasteiger partial charge in [-0.1, -0.05) is 65.2 Å². The van der Waals surface area contributed by atoms with Gasteiger partial charge in [0.1, 0.15) is 6.04 Å². The predicted molar refractivity (Wildman–Crippen MR) is 114 cm³/mol. The molecule has 0 aliphatic rings. The number of rotatable bonds is 6. The molecule has 3 aromatic rings. The zero-order chi connectivity index (χ0) is 19.4. The molecule has 0 bridgehead atoms. The van der Waals surface area contributed by atoms with Crippen LogP contribution >= 0.6 is 34.5 Å². The number of hydrogen-bond acceptors (Lipinski definition) is 2. The first-order chi connectivity index (χ1) is 13.0. The third-order valence-corrected chi connectivity index (χ3v) is 6.13. The van der Waals surface area contributed by atoms with E-state index in [1.54, 1.807) is 17.4 Å². The van der Waals surface area contributed by atoms with E-state index in [1.807, 2.05) is 24.4 Å². The fourth-order valence-electron chi connectivity index (χ4n) is 2.85. The monoisotopic (exact) mass is 419 g/mol. The lowest BCUT2D eigenvalue weighted by atomic mass is 10.0. The summed E-state index contributed by atoms with van der Waals surface area (Å²) in [6, 6.07) is 16.2. The molecule has 0 aliphatic carbocycles. The maximum absolute atomic E-state index is 12.5. The first-order valence-corrected chi connectivity index (χ1v) is 10.3. The maximum Gasteiger partial charge on any atom is 0.279 e. The lowest BCUT2D eigenvalue weighted by Crippen LogP contribution is -2.87. The van der Waals surface area contributed by atoms with Crippen LogP contribution in [0.15, 0.2) is 53.9 Å². The standard InChI is InChI=1S/C21H20Cl2N2OS/c1-13-5-8-15(9-6-13)20(17-4-3-11-27-17)24-12-18(26)25-21-16(22)10-7-14(2)19(21)23/h3-11,20,24H,12H2,1-2H3,(H,25,26)/p+1/t20-/m0/s1. The van der Waals surface area contributed by atoms with Crippen LogP contribution in [-0.2, 0) is 4.79 Å². The fraction of sp³-hybridized carbons (Fsp3) is 0.190. The van der Waals surface area contributed by atoms with Crippen molar-refractivity contribution in [3.05, 3.63) is 85.5 Å². The molecule has 1 atom stereocenters. The average molecular weight is 420 g/mol. The minimum Gasteiger partial charge on any atom is -0.328 e. The van der Waals surface area contributed by atoms with Crippen LogP contribution in [0.25, 0.3) is 0 Å². The molecule has 0 aliphatic heterocycles. The largest absolute Gasteiger partial charge is 0.328 e. The Morgan fingerprint density at radius 2 is 1.85 bits per heavy atom. The molecule has 0 saturated heterocycles. The third-order valence-electron chi connectivity index (χ3n) is 4.37. The minimum absolute atomic E-state index is 0.0693. The first kappa shape index (κ1) is 19.9. The van der Waals surface area contributed by atoms with Gasteiger partial charge >= 0.3 is 0 Å². The summed E-state index contributed by atoms with van der Waals surface area (Å²) in [6.45, 7) is 4.21. The van der Waals surface area contributed by atoms with E-state index in [9.17, 15) is 4.79 Å². The molecule has 3 rings (SSSR count). The maximum atomic E-state index is 12.5. The van der Waals surface area contributed by atoms with Crippen molar-refractivity contribution >= 4 is 46.1 Å². The number of nitrogens with one attached hydrogen (secondary N) is 1. The van der Waals surface area contributed by atoms with E-state index in [0.29, 0.717) is 15.7 Å². The molecule has 27 heavy (non-hydrogen) atoms. The summed E-state index contributed by atoms with van der Waals surface area (Å²) in [5.74, 6) is -0.141. The molecule has 0 radical (unpaired) electrons. The van der Waals surface area contributed by atoms with Crippen molar-refractivity contribution in [1.29, 1.82) is 0 Å². The van der Waals surface area contributed by atoms with Crippen LogP contribution in [0.3, 0.4) is 0 Å². The van der Waals surface area contributed by atoms with Crippen LogP contribution in [0.1, 0.15) is 27.6 Å². The fourth-order valence-corrected chi connectivity index (χ4v) is 4.16. The Bertz CT molecular complexity index is 924. The van der Waals surface area contributed by atoms with Gasteiger partial charge in [-0.15, -0.1) is 11.3 Å². The molecule has 6 heteroatoms. The Hall–Kier alpha value is -1.85. The second-order valence-corrected chi connectivity index (χ2v) is 8.21. The lowest BCUT2D eigenvalue weighted by Gasteiger charge is -2.16. The van der Waals surface area contributed by atoms with Crippen molar-refractivity contribution < 1.29 is 10.1 Å². The molecular formula is C21H21Cl2N2OS+. The van der Waals surface area contributed by atoms with Crippen molar-refractivity contribution in [2.24, 2.45) is 0 Å². The molecule has 0 spiro atoms. The zero-order valence-corrected chi connectivity index (χ0v) is 17.5. The number of halogens is 2. The van der Waals surface area contributed by atoms with Crippen LogP contribution < -0.4 is 10.6 Å². The second-order valence-electron chi connectivity index (χ2n) is 6.45. The first-order valence-electron chi connectivity index (χ1n) is 8.63. The summed E-state index contributed by atoms with van der Waals surface area (Å²) in [5, 5.41) is 7.85. The van der Waals surface area contributed by atoms with Crippen molar-refractivity contribution in [3.63, 3.8) is 0 Å². The Morgan fingerprint density at radius 1 is 1.11 bits per heavy atom. The highest BCUT2D eigenvalue weighted by molar-refractivity contribution is 7.10. The third kappa shape index (κ3) is 4.90. The molecule has 3 N–H and O–H groups in total. The van der Waals surface area contributed by atoms with Crippen LogP contribution in [-0.4, -0.2) is 12.5 Å². The molecule has 2 aromatic carbocycles. The Kier molecular flexibility index (Phi) is 6.55. The summed E-state index contributed by atoms with van der Waals surface area (Å²) in [6.07, 6.45) is 0. The van der Waals surface area contributed by atoms with Gasteiger partial charge < -0.3 is 10.6 Å². The highest BCUT2D eigenvalue weighted by Gasteiger charge is 2.21. The summed E-state index contributed by atoms with van der Waals surface area (Å²) in [7, 11) is 0. The highest BCUT2D eigenvalue weighted by Crippen LogP contribution is 2.32. The molecule has 0 fully saturated rings. The quantitative estimate of drug-likeness (QED) is 0.582. The molecule has 0 unspecified atom stereocenters. The van der Waals surface area contributed by atoms with Gasteiger partial charge in [-0.2, -0.15) is 0 Å². The number of quaternary nitrogens is 1. The van der Waals surface area contributed by atoms with Gasteiger partial charge in [-0.05, 0) is 36.9 Å². The van der Waals surface area contributed by atoms with Crippen molar-refractivity contribution in [2.45, 2.75) is 19.9 Å². The number of amides is 1. The highest BCUT2D eigenvalue weighted by atomic mass is 35.5. The molecule has 140 valence electrons. The Balaban J connectivity index is 1.73. The number of thiophene rings is 1. The van der Waals surface area contributed by atoms with Crippen molar-refractivity contribution in [2.75, 3.05) is 11.9 Å². The number of nitrogens with two attached hydrogens (primary N) is 1. The van der Waals surface area contributed by atoms with Crippen LogP contribution in [0, 0.1) is 13.8 Å². The molecule has 1 heterocycles. The second kappa shape index (κ2) is 8.89. The number of anilines is 1. The van der Waals surface area contributed by atoms with Gasteiger partial charge in [-0.3, -0.25) is 4.79 Å². The zero-order valence-electron chi connectivity index (χ0n) is 15.1. The molecule has 3 nitrogen and oxygen atoms in total. The SMILES string of the molecule is Cc1ccc([C@H]([NH2+]CC(=O)Nc2c(Cl)ccc(C)c2Cl)c2cccs2)cc1. The lowest BCUT2D eigenvalue weighted by molar-refractivity contribution is -0.675. The van der Waals surface area contributed by atoms with Crippen LogP contribution in [0.4, 0.5) is 5.69 Å². The molecular weight excluding hydrogens is 399 g/mol. The Labute approximate surface area is 173 Å². The number of benzene rings is 2. The summed E-state index contributed by atoms with van der Waals surface area (Å²) >= 11 is 14.2. The van der Waals surface area contributed by atoms with Crippen molar-refractivity contribution in [3.8, 4) is 0 Å². The number of hydrogen-bond donors (Lipinski definition) is 2. The topological polar surface area (TPSA) is 45.7 Å². The van der Waals surface area contributed by atoms with E-state index in [-0.39, 0.29) is 18.5 Å². The normalized spacial score (nSPS) is 12.0. The average Bonchev–Trinajstić information content (AvgIpc) is 3.18. The van der Waals surface area contributed by atoms with Gasteiger partial charge in [0.15, 0.2) is 6.54 Å². The van der Waals surface area contributed by atoms with Gasteiger partial charge in [0.05, 0.1) is 20.6 Å². The summed E-state index contributed by atoms with van der Waals surface area (Å²) in [5.41, 5.74) is 3.73. The summed E-state index contributed by atoms with van der Waals surface area (Å²) < 4.78 is 0. The predicted octanol–water partition coefficient (Wildman–Crippen LogP) is 4.96. The number of carbonyl (C=O) groups is 1. The van der Waals surface area contributed by atoms with Gasteiger partial charge in [0.2, 0.25) is 0 Å². The number of carbonyl (C=O) groups excluding carboxylic acids is 1. The van der Waals surface area contributed by atoms with Gasteiger partial charge in [0.25, 0.3) is 5.91 Å². The number of aryl methyl sites for hydroxylation is 2. The molecule has 1 amide bonds. The van der Waals surface area contributed by atoms with Gasteiger partial charge in [0, 0.05) is 5.56 Å². The van der Waals surface area contributed by atoms with E-state index in [2.05, 4.69) is 48.0 Å².